The maximum absolute atomic E-state index is 8.99. The number of allylic oxidation sites excluding steroid dienone is 4. The number of thiol groups is 1. The van der Waals surface area contributed by atoms with E-state index in [4.69, 9.17) is 10.00 Å². The number of fused-ring (bicyclic) bond motifs is 1. The first kappa shape index (κ1) is 15.2. The van der Waals surface area contributed by atoms with E-state index in [1.807, 2.05) is 25.1 Å². The van der Waals surface area contributed by atoms with Crippen molar-refractivity contribution in [2.75, 3.05) is 7.11 Å². The molecule has 7 heteroatoms. The Balaban J connectivity index is 2.16. The number of nitrogens with one attached hydrogen (secondary N) is 1. The van der Waals surface area contributed by atoms with E-state index in [1.54, 1.807) is 19.2 Å². The lowest BCUT2D eigenvalue weighted by Gasteiger charge is -2.19. The number of hydrogen-bond donors (Lipinski definition) is 2. The fourth-order valence-electron chi connectivity index (χ4n) is 2.53. The summed E-state index contributed by atoms with van der Waals surface area (Å²) in [5, 5.41) is 12.9. The minimum absolute atomic E-state index is 0.0374. The fourth-order valence-corrected chi connectivity index (χ4v) is 2.62. The van der Waals surface area contributed by atoms with Crippen LogP contribution in [-0.4, -0.2) is 22.8 Å². The number of oxime groups is 1. The van der Waals surface area contributed by atoms with E-state index < -0.39 is 0 Å². The van der Waals surface area contributed by atoms with Gasteiger partial charge in [0.15, 0.2) is 5.76 Å². The Bertz CT molecular complexity index is 889. The third kappa shape index (κ3) is 2.69. The molecule has 0 spiro atoms. The zero-order valence-electron chi connectivity index (χ0n) is 12.6. The van der Waals surface area contributed by atoms with Crippen LogP contribution in [0.2, 0.25) is 0 Å². The molecule has 6 nitrogen and oxygen atoms in total. The zero-order valence-corrected chi connectivity index (χ0v) is 13.5. The number of nitriles is 1. The molecular weight excluding hydrogens is 312 g/mol. The summed E-state index contributed by atoms with van der Waals surface area (Å²) in [7, 11) is 1.58. The number of ether oxygens (including phenoxy) is 1. The van der Waals surface area contributed by atoms with Crippen LogP contribution in [0.15, 0.2) is 41.3 Å². The van der Waals surface area contributed by atoms with Gasteiger partial charge in [-0.15, -0.1) is 0 Å². The van der Waals surface area contributed by atoms with Gasteiger partial charge < -0.3 is 14.0 Å². The highest BCUT2D eigenvalue weighted by atomic mass is 32.1. The standard InChI is InChI=1S/C16H14N4O2S/c1-9-3-5-11(15(21-2)14(9)20-22-23)16-18-12-6-4-10(8-17)7-13(12)19-16/h3-7,9,23H,1-2H3,(H,18,19). The molecule has 0 aliphatic heterocycles. The molecule has 116 valence electrons. The van der Waals surface area contributed by atoms with Gasteiger partial charge in [0.05, 0.1) is 48.3 Å². The average Bonchev–Trinajstić information content (AvgIpc) is 2.99. The van der Waals surface area contributed by atoms with Gasteiger partial charge in [-0.1, -0.05) is 24.2 Å². The largest absolute Gasteiger partial charge is 0.494 e. The second-order valence-corrected chi connectivity index (χ2v) is 5.25. The summed E-state index contributed by atoms with van der Waals surface area (Å²) in [5.41, 5.74) is 3.55. The van der Waals surface area contributed by atoms with E-state index in [1.165, 1.54) is 0 Å². The third-order valence-corrected chi connectivity index (χ3v) is 3.75. The number of imidazole rings is 1. The normalized spacial score (nSPS) is 19.2. The Morgan fingerprint density at radius 3 is 2.96 bits per heavy atom. The molecule has 2 aromatic rings. The van der Waals surface area contributed by atoms with Crippen LogP contribution >= 0.6 is 12.9 Å². The number of methoxy groups -OCH3 is 1. The number of benzene rings is 1. The Hall–Kier alpha value is -2.72. The molecule has 1 N–H and O–H groups in total. The maximum Gasteiger partial charge on any atom is 0.155 e. The number of aromatic nitrogens is 2. The quantitative estimate of drug-likeness (QED) is 0.515. The number of aromatic amines is 1. The van der Waals surface area contributed by atoms with Gasteiger partial charge in [-0.05, 0) is 18.2 Å². The van der Waals surface area contributed by atoms with Crippen molar-refractivity contribution < 1.29 is 9.02 Å². The monoisotopic (exact) mass is 326 g/mol. The van der Waals surface area contributed by atoms with Crippen LogP contribution in [0.5, 0.6) is 0 Å². The van der Waals surface area contributed by atoms with E-state index in [-0.39, 0.29) is 5.92 Å². The Labute approximate surface area is 138 Å². The molecule has 1 unspecified atom stereocenters. The minimum Gasteiger partial charge on any atom is -0.494 e. The van der Waals surface area contributed by atoms with Crippen LogP contribution < -0.4 is 0 Å². The highest BCUT2D eigenvalue weighted by molar-refractivity contribution is 7.75. The van der Waals surface area contributed by atoms with E-state index in [9.17, 15) is 0 Å². The number of H-pyrrole nitrogens is 1. The molecule has 1 atom stereocenters. The fraction of sp³-hybridized carbons (Fsp3) is 0.188. The molecule has 23 heavy (non-hydrogen) atoms. The van der Waals surface area contributed by atoms with Gasteiger partial charge in [-0.25, -0.2) is 4.98 Å². The van der Waals surface area contributed by atoms with Crippen molar-refractivity contribution in [2.45, 2.75) is 6.92 Å². The van der Waals surface area contributed by atoms with E-state index in [2.05, 4.69) is 38.4 Å². The van der Waals surface area contributed by atoms with Gasteiger partial charge >= 0.3 is 0 Å². The molecule has 3 rings (SSSR count). The Kier molecular flexibility index (Phi) is 4.08. The van der Waals surface area contributed by atoms with Crippen molar-refractivity contribution in [3.05, 3.63) is 47.5 Å². The van der Waals surface area contributed by atoms with Crippen LogP contribution in [0.1, 0.15) is 18.3 Å². The second-order valence-electron chi connectivity index (χ2n) is 5.08. The van der Waals surface area contributed by atoms with Gasteiger partial charge in [-0.3, -0.25) is 0 Å². The number of rotatable bonds is 3. The van der Waals surface area contributed by atoms with Crippen LogP contribution in [0.4, 0.5) is 0 Å². The highest BCUT2D eigenvalue weighted by Gasteiger charge is 2.25. The van der Waals surface area contributed by atoms with E-state index >= 15 is 0 Å². The molecule has 1 aliphatic rings. The van der Waals surface area contributed by atoms with Gasteiger partial charge in [0.1, 0.15) is 11.5 Å². The van der Waals surface area contributed by atoms with Crippen LogP contribution in [0.3, 0.4) is 0 Å². The molecular formula is C16H14N4O2S. The summed E-state index contributed by atoms with van der Waals surface area (Å²) in [6.07, 6.45) is 3.92. The molecule has 1 aromatic heterocycles. The minimum atomic E-state index is 0.0374. The molecule has 0 fully saturated rings. The Morgan fingerprint density at radius 2 is 2.26 bits per heavy atom. The van der Waals surface area contributed by atoms with Gasteiger partial charge in [0.2, 0.25) is 0 Å². The first-order chi connectivity index (χ1) is 11.2. The molecule has 1 aromatic carbocycles. The summed E-state index contributed by atoms with van der Waals surface area (Å²) < 4.78 is 10.1. The lowest BCUT2D eigenvalue weighted by molar-refractivity contribution is 0.308. The smallest absolute Gasteiger partial charge is 0.155 e. The van der Waals surface area contributed by atoms with Gasteiger partial charge in [0.25, 0.3) is 0 Å². The predicted octanol–water partition coefficient (Wildman–Crippen LogP) is 3.22. The predicted molar refractivity (Wildman–Crippen MR) is 90.5 cm³/mol. The van der Waals surface area contributed by atoms with Crippen molar-refractivity contribution in [2.24, 2.45) is 11.1 Å². The molecule has 0 bridgehead atoms. The topological polar surface area (TPSA) is 83.3 Å². The second kappa shape index (κ2) is 6.18. The van der Waals surface area contributed by atoms with Crippen LogP contribution in [0.25, 0.3) is 16.6 Å². The number of nitrogens with zero attached hydrogens (tertiary/aromatic N) is 3. The van der Waals surface area contributed by atoms with E-state index in [0.717, 1.165) is 16.6 Å². The van der Waals surface area contributed by atoms with Gasteiger partial charge in [0, 0.05) is 5.92 Å². The SMILES string of the molecule is COC1=C(c2nc3ccc(C#N)cc3[nH]2)C=CC(C)C1=NOS. The summed E-state index contributed by atoms with van der Waals surface area (Å²) in [6, 6.07) is 7.42. The first-order valence-electron chi connectivity index (χ1n) is 6.93. The number of hydrogen-bond acceptors (Lipinski definition) is 6. The Morgan fingerprint density at radius 1 is 1.43 bits per heavy atom. The maximum atomic E-state index is 8.99. The van der Waals surface area contributed by atoms with Gasteiger partial charge in [-0.2, -0.15) is 5.26 Å². The van der Waals surface area contributed by atoms with Crippen LogP contribution in [0, 0.1) is 17.2 Å². The van der Waals surface area contributed by atoms with Crippen molar-refractivity contribution in [3.8, 4) is 6.07 Å². The summed E-state index contributed by atoms with van der Waals surface area (Å²) >= 11 is 3.69. The van der Waals surface area contributed by atoms with Crippen molar-refractivity contribution in [1.82, 2.24) is 9.97 Å². The molecule has 0 amide bonds. The lowest BCUT2D eigenvalue weighted by Crippen LogP contribution is -2.18. The zero-order chi connectivity index (χ0) is 16.4. The lowest BCUT2D eigenvalue weighted by atomic mass is 9.94. The molecule has 0 saturated heterocycles. The summed E-state index contributed by atoms with van der Waals surface area (Å²) in [4.78, 5) is 7.78. The summed E-state index contributed by atoms with van der Waals surface area (Å²) in [6.45, 7) is 1.98. The summed E-state index contributed by atoms with van der Waals surface area (Å²) in [5.74, 6) is 1.26. The molecule has 0 radical (unpaired) electrons. The molecule has 1 heterocycles. The van der Waals surface area contributed by atoms with E-state index in [0.29, 0.717) is 22.9 Å². The van der Waals surface area contributed by atoms with Crippen molar-refractivity contribution in [3.63, 3.8) is 0 Å². The van der Waals surface area contributed by atoms with Crippen molar-refractivity contribution in [1.29, 1.82) is 5.26 Å². The first-order valence-corrected chi connectivity index (χ1v) is 7.30. The highest BCUT2D eigenvalue weighted by Crippen LogP contribution is 2.29. The van der Waals surface area contributed by atoms with Crippen LogP contribution in [-0.2, 0) is 9.02 Å². The average molecular weight is 326 g/mol. The third-order valence-electron chi connectivity index (χ3n) is 3.67. The van der Waals surface area contributed by atoms with Crippen molar-refractivity contribution >= 4 is 35.2 Å². The molecule has 1 aliphatic carbocycles. The molecule has 0 saturated carbocycles.